The minimum Gasteiger partial charge on any atom is -0.493 e. The summed E-state index contributed by atoms with van der Waals surface area (Å²) in [5.41, 5.74) is 0.958. The molecule has 0 aliphatic rings. The molecule has 0 bridgehead atoms. The Bertz CT molecular complexity index is 516. The van der Waals surface area contributed by atoms with Gasteiger partial charge in [-0.2, -0.15) is 5.10 Å². The first kappa shape index (κ1) is 12.7. The molecule has 0 aliphatic carbocycles. The van der Waals surface area contributed by atoms with E-state index in [0.29, 0.717) is 24.0 Å². The Hall–Kier alpha value is -1.76. The van der Waals surface area contributed by atoms with Crippen molar-refractivity contribution in [2.75, 3.05) is 19.5 Å². The maximum atomic E-state index is 5.36. The molecule has 0 saturated carbocycles. The maximum Gasteiger partial charge on any atom is 0.218 e. The minimum absolute atomic E-state index is 0.550. The lowest BCUT2D eigenvalue weighted by atomic mass is 10.2. The van der Waals surface area contributed by atoms with Gasteiger partial charge in [0.05, 0.1) is 14.2 Å². The van der Waals surface area contributed by atoms with Crippen molar-refractivity contribution >= 4 is 21.9 Å². The zero-order valence-corrected chi connectivity index (χ0v) is 11.6. The number of hydrogen-bond donors (Lipinski definition) is 2. The van der Waals surface area contributed by atoms with Crippen molar-refractivity contribution in [2.24, 2.45) is 0 Å². The lowest BCUT2D eigenvalue weighted by Gasteiger charge is -2.13. The van der Waals surface area contributed by atoms with Gasteiger partial charge in [-0.05, 0) is 12.1 Å². The Morgan fingerprint density at radius 1 is 1.33 bits per heavy atom. The number of halogens is 1. The van der Waals surface area contributed by atoms with Crippen molar-refractivity contribution in [3.05, 3.63) is 28.5 Å². The molecule has 7 heteroatoms. The summed E-state index contributed by atoms with van der Waals surface area (Å²) in [7, 11) is 3.22. The minimum atomic E-state index is 0.550. The van der Waals surface area contributed by atoms with Crippen LogP contribution in [0.4, 0.5) is 5.95 Å². The lowest BCUT2D eigenvalue weighted by Crippen LogP contribution is -2.04. The molecule has 0 saturated heterocycles. The molecular formula is C11H13BrN4O2. The van der Waals surface area contributed by atoms with Gasteiger partial charge in [-0.25, -0.2) is 10.1 Å². The molecule has 1 heterocycles. The number of anilines is 1. The molecule has 0 atom stereocenters. The number of nitrogens with one attached hydrogen (secondary N) is 2. The second-order valence-corrected chi connectivity index (χ2v) is 4.40. The summed E-state index contributed by atoms with van der Waals surface area (Å²) in [6.07, 6.45) is 1.45. The molecule has 0 spiro atoms. The first-order valence-corrected chi connectivity index (χ1v) is 6.03. The number of methoxy groups -OCH3 is 2. The zero-order chi connectivity index (χ0) is 13.0. The largest absolute Gasteiger partial charge is 0.493 e. The van der Waals surface area contributed by atoms with E-state index >= 15 is 0 Å². The van der Waals surface area contributed by atoms with Gasteiger partial charge in [0.2, 0.25) is 5.95 Å². The van der Waals surface area contributed by atoms with Gasteiger partial charge in [0, 0.05) is 16.6 Å². The molecule has 0 aliphatic heterocycles. The predicted octanol–water partition coefficient (Wildman–Crippen LogP) is 2.20. The highest BCUT2D eigenvalue weighted by atomic mass is 79.9. The SMILES string of the molecule is COc1cc(Br)cc(CNc2ncn[nH]2)c1OC. The monoisotopic (exact) mass is 312 g/mol. The summed E-state index contributed by atoms with van der Waals surface area (Å²) >= 11 is 3.44. The van der Waals surface area contributed by atoms with E-state index < -0.39 is 0 Å². The molecule has 0 amide bonds. The fourth-order valence-corrected chi connectivity index (χ4v) is 2.09. The second-order valence-electron chi connectivity index (χ2n) is 3.49. The summed E-state index contributed by atoms with van der Waals surface area (Å²) in [4.78, 5) is 3.99. The molecule has 0 radical (unpaired) electrons. The number of rotatable bonds is 5. The Balaban J connectivity index is 2.23. The van der Waals surface area contributed by atoms with E-state index in [2.05, 4.69) is 36.4 Å². The number of nitrogens with zero attached hydrogens (tertiary/aromatic N) is 2. The van der Waals surface area contributed by atoms with E-state index in [-0.39, 0.29) is 0 Å². The molecule has 18 heavy (non-hydrogen) atoms. The van der Waals surface area contributed by atoms with Gasteiger partial charge in [-0.3, -0.25) is 0 Å². The average molecular weight is 313 g/mol. The van der Waals surface area contributed by atoms with Crippen molar-refractivity contribution in [1.82, 2.24) is 15.2 Å². The van der Waals surface area contributed by atoms with Crippen molar-refractivity contribution in [3.63, 3.8) is 0 Å². The van der Waals surface area contributed by atoms with Crippen LogP contribution in [0.15, 0.2) is 22.9 Å². The third-order valence-electron chi connectivity index (χ3n) is 2.38. The molecule has 0 fully saturated rings. The summed E-state index contributed by atoms with van der Waals surface area (Å²) < 4.78 is 11.6. The van der Waals surface area contributed by atoms with E-state index in [1.807, 2.05) is 12.1 Å². The molecule has 2 rings (SSSR count). The topological polar surface area (TPSA) is 72.1 Å². The summed E-state index contributed by atoms with van der Waals surface area (Å²) in [6.45, 7) is 0.550. The molecule has 6 nitrogen and oxygen atoms in total. The highest BCUT2D eigenvalue weighted by molar-refractivity contribution is 9.10. The number of hydrogen-bond acceptors (Lipinski definition) is 5. The van der Waals surface area contributed by atoms with Crippen LogP contribution in [0.5, 0.6) is 11.5 Å². The third-order valence-corrected chi connectivity index (χ3v) is 2.84. The van der Waals surface area contributed by atoms with Crippen LogP contribution in [-0.4, -0.2) is 29.4 Å². The molecule has 96 valence electrons. The van der Waals surface area contributed by atoms with Crippen LogP contribution >= 0.6 is 15.9 Å². The summed E-state index contributed by atoms with van der Waals surface area (Å²) in [5.74, 6) is 1.99. The first-order valence-electron chi connectivity index (χ1n) is 5.24. The lowest BCUT2D eigenvalue weighted by molar-refractivity contribution is 0.352. The normalized spacial score (nSPS) is 10.2. The molecule has 1 aromatic carbocycles. The van der Waals surface area contributed by atoms with Gasteiger partial charge in [0.1, 0.15) is 6.33 Å². The summed E-state index contributed by atoms with van der Waals surface area (Å²) in [5, 5.41) is 9.61. The van der Waals surface area contributed by atoms with Crippen LogP contribution < -0.4 is 14.8 Å². The van der Waals surface area contributed by atoms with Gasteiger partial charge < -0.3 is 14.8 Å². The van der Waals surface area contributed by atoms with E-state index in [0.717, 1.165) is 10.0 Å². The first-order chi connectivity index (χ1) is 8.74. The Morgan fingerprint density at radius 3 is 2.78 bits per heavy atom. The van der Waals surface area contributed by atoms with Crippen molar-refractivity contribution in [2.45, 2.75) is 6.54 Å². The Morgan fingerprint density at radius 2 is 2.17 bits per heavy atom. The van der Waals surface area contributed by atoms with Gasteiger partial charge in [-0.15, -0.1) is 0 Å². The number of ether oxygens (including phenoxy) is 2. The van der Waals surface area contributed by atoms with Crippen molar-refractivity contribution in [3.8, 4) is 11.5 Å². The van der Waals surface area contributed by atoms with Gasteiger partial charge in [-0.1, -0.05) is 15.9 Å². The number of aromatic nitrogens is 3. The average Bonchev–Trinajstić information content (AvgIpc) is 2.88. The van der Waals surface area contributed by atoms with E-state index in [4.69, 9.17) is 9.47 Å². The fraction of sp³-hybridized carbons (Fsp3) is 0.273. The van der Waals surface area contributed by atoms with Crippen LogP contribution in [0.25, 0.3) is 0 Å². The van der Waals surface area contributed by atoms with E-state index in [1.54, 1.807) is 14.2 Å². The Labute approximate surface area is 113 Å². The van der Waals surface area contributed by atoms with Crippen LogP contribution in [0.2, 0.25) is 0 Å². The number of H-pyrrole nitrogens is 1. The number of benzene rings is 1. The van der Waals surface area contributed by atoms with Crippen LogP contribution in [0, 0.1) is 0 Å². The molecule has 1 aromatic heterocycles. The number of aromatic amines is 1. The Kier molecular flexibility index (Phi) is 4.03. The molecule has 2 aromatic rings. The van der Waals surface area contributed by atoms with Crippen molar-refractivity contribution in [1.29, 1.82) is 0 Å². The fourth-order valence-electron chi connectivity index (χ4n) is 1.61. The standard InChI is InChI=1S/C11H13BrN4O2/c1-17-9-4-8(12)3-7(10(9)18-2)5-13-11-14-6-15-16-11/h3-4,6H,5H2,1-2H3,(H2,13,14,15,16). The van der Waals surface area contributed by atoms with Crippen molar-refractivity contribution < 1.29 is 9.47 Å². The quantitative estimate of drug-likeness (QED) is 0.885. The van der Waals surface area contributed by atoms with Gasteiger partial charge in [0.25, 0.3) is 0 Å². The molecule has 2 N–H and O–H groups in total. The van der Waals surface area contributed by atoms with Crippen LogP contribution in [-0.2, 0) is 6.54 Å². The highest BCUT2D eigenvalue weighted by Crippen LogP contribution is 2.34. The van der Waals surface area contributed by atoms with E-state index in [9.17, 15) is 0 Å². The zero-order valence-electron chi connectivity index (χ0n) is 10.0. The smallest absolute Gasteiger partial charge is 0.218 e. The van der Waals surface area contributed by atoms with Gasteiger partial charge >= 0.3 is 0 Å². The molecular weight excluding hydrogens is 300 g/mol. The van der Waals surface area contributed by atoms with Crippen LogP contribution in [0.3, 0.4) is 0 Å². The highest BCUT2D eigenvalue weighted by Gasteiger charge is 2.11. The maximum absolute atomic E-state index is 5.36. The molecule has 0 unspecified atom stereocenters. The second kappa shape index (κ2) is 5.72. The van der Waals surface area contributed by atoms with Gasteiger partial charge in [0.15, 0.2) is 11.5 Å². The predicted molar refractivity (Wildman–Crippen MR) is 71.0 cm³/mol. The summed E-state index contributed by atoms with van der Waals surface area (Å²) in [6, 6.07) is 3.82. The van der Waals surface area contributed by atoms with E-state index in [1.165, 1.54) is 6.33 Å². The van der Waals surface area contributed by atoms with Crippen LogP contribution in [0.1, 0.15) is 5.56 Å². The third kappa shape index (κ3) is 2.73.